The highest BCUT2D eigenvalue weighted by atomic mass is 32.2. The molecular weight excluding hydrogens is 354 g/mol. The van der Waals surface area contributed by atoms with Crippen LogP contribution in [0.2, 0.25) is 0 Å². The minimum atomic E-state index is -3.66. The average Bonchev–Trinajstić information content (AvgIpc) is 2.58. The first-order valence-corrected chi connectivity index (χ1v) is 9.52. The number of benzene rings is 1. The van der Waals surface area contributed by atoms with Crippen LogP contribution in [-0.2, 0) is 10.0 Å². The molecule has 0 saturated carbocycles. The van der Waals surface area contributed by atoms with E-state index < -0.39 is 15.9 Å². The number of hydrogen-bond donors (Lipinski definition) is 2. The lowest BCUT2D eigenvalue weighted by Gasteiger charge is -2.21. The Morgan fingerprint density at radius 2 is 1.73 bits per heavy atom. The van der Waals surface area contributed by atoms with Crippen molar-refractivity contribution >= 4 is 21.9 Å². The van der Waals surface area contributed by atoms with Crippen molar-refractivity contribution in [3.8, 4) is 0 Å². The van der Waals surface area contributed by atoms with Crippen LogP contribution >= 0.6 is 0 Å². The summed E-state index contributed by atoms with van der Waals surface area (Å²) in [5.74, 6) is -0.226. The third kappa shape index (κ3) is 4.55. The summed E-state index contributed by atoms with van der Waals surface area (Å²) in [7, 11) is -2.16. The summed E-state index contributed by atoms with van der Waals surface area (Å²) in [6.45, 7) is 7.20. The highest BCUT2D eigenvalue weighted by Gasteiger charge is 2.23. The van der Waals surface area contributed by atoms with E-state index in [4.69, 9.17) is 0 Å². The molecule has 1 heterocycles. The summed E-state index contributed by atoms with van der Waals surface area (Å²) in [6, 6.07) is 7.49. The number of nitrogens with one attached hydrogen (secondary N) is 2. The van der Waals surface area contributed by atoms with Crippen LogP contribution in [0.1, 0.15) is 35.6 Å². The molecule has 2 rings (SSSR count). The van der Waals surface area contributed by atoms with Gasteiger partial charge in [0.15, 0.2) is 0 Å². The van der Waals surface area contributed by atoms with Crippen molar-refractivity contribution in [2.75, 3.05) is 12.5 Å². The van der Waals surface area contributed by atoms with Gasteiger partial charge in [-0.15, -0.1) is 0 Å². The molecule has 1 amide bonds. The maximum Gasteiger partial charge on any atom is 0.269 e. The SMILES string of the molecule is Cc1cc(C)nc(NNC(=O)c2cccc(S(=O)(=O)N(C)C(C)C)c2)n1. The van der Waals surface area contributed by atoms with Crippen molar-refractivity contribution in [3.05, 3.63) is 47.3 Å². The molecule has 9 heteroatoms. The van der Waals surface area contributed by atoms with Crippen LogP contribution in [0.4, 0.5) is 5.95 Å². The van der Waals surface area contributed by atoms with Gasteiger partial charge in [-0.3, -0.25) is 15.6 Å². The van der Waals surface area contributed by atoms with Crippen molar-refractivity contribution in [1.29, 1.82) is 0 Å². The van der Waals surface area contributed by atoms with E-state index in [0.717, 1.165) is 11.4 Å². The van der Waals surface area contributed by atoms with Gasteiger partial charge in [-0.1, -0.05) is 6.07 Å². The van der Waals surface area contributed by atoms with E-state index in [2.05, 4.69) is 20.8 Å². The number of anilines is 1. The van der Waals surface area contributed by atoms with Gasteiger partial charge in [0.05, 0.1) is 4.90 Å². The molecule has 1 aromatic carbocycles. The third-order valence-corrected chi connectivity index (χ3v) is 5.80. The number of aromatic nitrogens is 2. The normalized spacial score (nSPS) is 11.7. The lowest BCUT2D eigenvalue weighted by Crippen LogP contribution is -2.33. The lowest BCUT2D eigenvalue weighted by molar-refractivity contribution is 0.0962. The van der Waals surface area contributed by atoms with Gasteiger partial charge in [0.1, 0.15) is 0 Å². The maximum atomic E-state index is 12.6. The highest BCUT2D eigenvalue weighted by Crippen LogP contribution is 2.18. The van der Waals surface area contributed by atoms with E-state index in [-0.39, 0.29) is 22.4 Å². The minimum absolute atomic E-state index is 0.0593. The van der Waals surface area contributed by atoms with Gasteiger partial charge in [-0.2, -0.15) is 4.31 Å². The molecule has 0 aliphatic heterocycles. The van der Waals surface area contributed by atoms with Crippen LogP contribution in [0.15, 0.2) is 35.2 Å². The Hall–Kier alpha value is -2.52. The van der Waals surface area contributed by atoms with E-state index in [1.807, 2.05) is 19.9 Å². The second kappa shape index (κ2) is 7.79. The zero-order valence-electron chi connectivity index (χ0n) is 15.4. The Morgan fingerprint density at radius 3 is 2.31 bits per heavy atom. The predicted octanol–water partition coefficient (Wildman–Crippen LogP) is 1.88. The Kier molecular flexibility index (Phi) is 5.94. The molecule has 8 nitrogen and oxygen atoms in total. The molecule has 26 heavy (non-hydrogen) atoms. The van der Waals surface area contributed by atoms with Gasteiger partial charge in [-0.05, 0) is 52.0 Å². The molecule has 0 atom stereocenters. The molecule has 140 valence electrons. The summed E-state index contributed by atoms with van der Waals surface area (Å²) in [4.78, 5) is 20.7. The van der Waals surface area contributed by atoms with Crippen molar-refractivity contribution < 1.29 is 13.2 Å². The van der Waals surface area contributed by atoms with Gasteiger partial charge in [0.25, 0.3) is 5.91 Å². The van der Waals surface area contributed by atoms with Crippen molar-refractivity contribution in [1.82, 2.24) is 19.7 Å². The van der Waals surface area contributed by atoms with Gasteiger partial charge in [-0.25, -0.2) is 18.4 Å². The summed E-state index contributed by atoms with van der Waals surface area (Å²) >= 11 is 0. The van der Waals surface area contributed by atoms with Crippen LogP contribution < -0.4 is 10.9 Å². The smallest absolute Gasteiger partial charge is 0.267 e. The molecule has 2 aromatic rings. The largest absolute Gasteiger partial charge is 0.269 e. The average molecular weight is 377 g/mol. The van der Waals surface area contributed by atoms with Gasteiger partial charge in [0, 0.05) is 30.0 Å². The Morgan fingerprint density at radius 1 is 1.12 bits per heavy atom. The fourth-order valence-corrected chi connectivity index (χ4v) is 3.62. The Balaban J connectivity index is 2.18. The number of carbonyl (C=O) groups excluding carboxylic acids is 1. The van der Waals surface area contributed by atoms with Gasteiger partial charge in [0.2, 0.25) is 16.0 Å². The van der Waals surface area contributed by atoms with Crippen LogP contribution in [0, 0.1) is 13.8 Å². The molecule has 0 unspecified atom stereocenters. The monoisotopic (exact) mass is 377 g/mol. The minimum Gasteiger partial charge on any atom is -0.267 e. The molecule has 1 aromatic heterocycles. The standard InChI is InChI=1S/C17H23N5O3S/c1-11(2)22(5)26(24,25)15-8-6-7-14(10-15)16(23)20-21-17-18-12(3)9-13(4)19-17/h6-11H,1-5H3,(H,20,23)(H,18,19,21). The zero-order chi connectivity index (χ0) is 19.5. The van der Waals surface area contributed by atoms with Crippen LogP contribution in [0.5, 0.6) is 0 Å². The number of carbonyl (C=O) groups is 1. The quantitative estimate of drug-likeness (QED) is 0.745. The number of sulfonamides is 1. The first-order valence-electron chi connectivity index (χ1n) is 8.08. The molecule has 0 radical (unpaired) electrons. The molecule has 0 fully saturated rings. The number of hydrazine groups is 1. The molecular formula is C17H23N5O3S. The number of aryl methyl sites for hydroxylation is 2. The number of hydrogen-bond acceptors (Lipinski definition) is 6. The summed E-state index contributed by atoms with van der Waals surface area (Å²) in [5.41, 5.74) is 6.85. The predicted molar refractivity (Wildman–Crippen MR) is 99.1 cm³/mol. The third-order valence-electron chi connectivity index (χ3n) is 3.77. The molecule has 0 spiro atoms. The summed E-state index contributed by atoms with van der Waals surface area (Å²) in [5, 5.41) is 0. The number of amides is 1. The van der Waals surface area contributed by atoms with Gasteiger partial charge < -0.3 is 0 Å². The lowest BCUT2D eigenvalue weighted by atomic mass is 10.2. The second-order valence-electron chi connectivity index (χ2n) is 6.20. The fourth-order valence-electron chi connectivity index (χ4n) is 2.21. The number of rotatable bonds is 6. The first kappa shape index (κ1) is 19.8. The Labute approximate surface area is 153 Å². The van der Waals surface area contributed by atoms with Gasteiger partial charge >= 0.3 is 0 Å². The van der Waals surface area contributed by atoms with Crippen LogP contribution in [0.3, 0.4) is 0 Å². The number of nitrogens with zero attached hydrogens (tertiary/aromatic N) is 3. The van der Waals surface area contributed by atoms with E-state index in [1.54, 1.807) is 13.8 Å². The maximum absolute atomic E-state index is 12.6. The van der Waals surface area contributed by atoms with E-state index in [0.29, 0.717) is 0 Å². The molecule has 0 aliphatic carbocycles. The highest BCUT2D eigenvalue weighted by molar-refractivity contribution is 7.89. The fraction of sp³-hybridized carbons (Fsp3) is 0.353. The molecule has 0 aliphatic rings. The van der Waals surface area contributed by atoms with E-state index in [1.165, 1.54) is 35.6 Å². The summed E-state index contributed by atoms with van der Waals surface area (Å²) < 4.78 is 26.4. The van der Waals surface area contributed by atoms with Crippen molar-refractivity contribution in [2.24, 2.45) is 0 Å². The molecule has 2 N–H and O–H groups in total. The summed E-state index contributed by atoms with van der Waals surface area (Å²) in [6.07, 6.45) is 0. The van der Waals surface area contributed by atoms with Crippen LogP contribution in [-0.4, -0.2) is 41.7 Å². The van der Waals surface area contributed by atoms with Crippen LogP contribution in [0.25, 0.3) is 0 Å². The topological polar surface area (TPSA) is 104 Å². The first-order chi connectivity index (χ1) is 12.1. The van der Waals surface area contributed by atoms with Crippen molar-refractivity contribution in [2.45, 2.75) is 38.6 Å². The molecule has 0 saturated heterocycles. The van der Waals surface area contributed by atoms with E-state index >= 15 is 0 Å². The Bertz CT molecular complexity index is 892. The zero-order valence-corrected chi connectivity index (χ0v) is 16.3. The molecule has 0 bridgehead atoms. The van der Waals surface area contributed by atoms with Crippen molar-refractivity contribution in [3.63, 3.8) is 0 Å². The second-order valence-corrected chi connectivity index (χ2v) is 8.19. The van der Waals surface area contributed by atoms with E-state index in [9.17, 15) is 13.2 Å².